The Bertz CT molecular complexity index is 835. The maximum absolute atomic E-state index is 8.87. The summed E-state index contributed by atoms with van der Waals surface area (Å²) in [4.78, 5) is 7.29. The molecule has 0 spiro atoms. The summed E-state index contributed by atoms with van der Waals surface area (Å²) in [6.07, 6.45) is 1.48. The van der Waals surface area contributed by atoms with Crippen LogP contribution in [0.3, 0.4) is 0 Å². The Morgan fingerprint density at radius 3 is 2.50 bits per heavy atom. The molecule has 0 fully saturated rings. The number of rotatable bonds is 5. The van der Waals surface area contributed by atoms with Crippen LogP contribution in [0.25, 0.3) is 16.6 Å². The molecule has 2 aromatic rings. The molecule has 0 bridgehead atoms. The van der Waals surface area contributed by atoms with Crippen LogP contribution in [0.2, 0.25) is 5.15 Å². The molecule has 0 saturated carbocycles. The third kappa shape index (κ3) is 3.76. The van der Waals surface area contributed by atoms with Gasteiger partial charge in [0.2, 0.25) is 0 Å². The molecule has 122 valence electrons. The summed E-state index contributed by atoms with van der Waals surface area (Å²) in [6.45, 7) is 8.22. The SMILES string of the molecule is CCN(CC)c1ccc(-c2nc(Cl)c(C=C(C#N)C#N)s2)c(C)c1. The number of thiazole rings is 1. The molecule has 0 atom stereocenters. The van der Waals surface area contributed by atoms with Gasteiger partial charge in [-0.2, -0.15) is 10.5 Å². The van der Waals surface area contributed by atoms with Crippen molar-refractivity contribution in [3.63, 3.8) is 0 Å². The summed E-state index contributed by atoms with van der Waals surface area (Å²) in [5, 5.41) is 18.8. The highest BCUT2D eigenvalue weighted by atomic mass is 35.5. The lowest BCUT2D eigenvalue weighted by Gasteiger charge is -2.22. The maximum atomic E-state index is 8.87. The molecule has 0 aliphatic heterocycles. The average Bonchev–Trinajstić information content (AvgIpc) is 2.94. The summed E-state index contributed by atoms with van der Waals surface area (Å²) in [5.41, 5.74) is 3.31. The van der Waals surface area contributed by atoms with Crippen LogP contribution in [0, 0.1) is 29.6 Å². The topological polar surface area (TPSA) is 63.7 Å². The average molecular weight is 357 g/mol. The van der Waals surface area contributed by atoms with E-state index in [1.54, 1.807) is 0 Å². The fraction of sp³-hybridized carbons (Fsp3) is 0.278. The van der Waals surface area contributed by atoms with Crippen LogP contribution in [0.5, 0.6) is 0 Å². The summed E-state index contributed by atoms with van der Waals surface area (Å²) in [7, 11) is 0. The fourth-order valence-corrected chi connectivity index (χ4v) is 3.71. The van der Waals surface area contributed by atoms with Gasteiger partial charge in [-0.15, -0.1) is 11.3 Å². The number of aromatic nitrogens is 1. The molecule has 0 amide bonds. The van der Waals surface area contributed by atoms with Gasteiger partial charge in [-0.05, 0) is 50.6 Å². The van der Waals surface area contributed by atoms with Crippen molar-refractivity contribution < 1.29 is 0 Å². The first kappa shape index (κ1) is 18.0. The van der Waals surface area contributed by atoms with Crippen molar-refractivity contribution in [3.8, 4) is 22.7 Å². The van der Waals surface area contributed by atoms with Gasteiger partial charge in [0.15, 0.2) is 0 Å². The van der Waals surface area contributed by atoms with Crippen LogP contribution in [-0.4, -0.2) is 18.1 Å². The predicted octanol–water partition coefficient (Wildman–Crippen LogP) is 5.05. The van der Waals surface area contributed by atoms with Gasteiger partial charge in [0.05, 0.1) is 4.88 Å². The molecule has 1 aromatic heterocycles. The zero-order valence-electron chi connectivity index (χ0n) is 13.8. The quantitative estimate of drug-likeness (QED) is 0.703. The molecule has 2 rings (SSSR count). The Labute approximate surface area is 151 Å². The fourth-order valence-electron chi connectivity index (χ4n) is 2.41. The van der Waals surface area contributed by atoms with Crippen molar-refractivity contribution >= 4 is 34.7 Å². The van der Waals surface area contributed by atoms with Crippen LogP contribution in [0.4, 0.5) is 5.69 Å². The highest BCUT2D eigenvalue weighted by Gasteiger charge is 2.13. The predicted molar refractivity (Wildman–Crippen MR) is 100 cm³/mol. The molecule has 0 aliphatic carbocycles. The number of aryl methyl sites for hydroxylation is 1. The monoisotopic (exact) mass is 356 g/mol. The number of nitrogens with zero attached hydrogens (tertiary/aromatic N) is 4. The van der Waals surface area contributed by atoms with E-state index in [4.69, 9.17) is 22.1 Å². The largest absolute Gasteiger partial charge is 0.372 e. The number of halogens is 1. The van der Waals surface area contributed by atoms with E-state index in [2.05, 4.69) is 35.9 Å². The summed E-state index contributed by atoms with van der Waals surface area (Å²) < 4.78 is 0. The van der Waals surface area contributed by atoms with Crippen LogP contribution in [0.15, 0.2) is 23.8 Å². The van der Waals surface area contributed by atoms with Crippen LogP contribution < -0.4 is 4.90 Å². The molecule has 0 unspecified atom stereocenters. The van der Waals surface area contributed by atoms with Crippen molar-refractivity contribution in [2.75, 3.05) is 18.0 Å². The molecular weight excluding hydrogens is 340 g/mol. The first-order valence-corrected chi connectivity index (χ1v) is 8.77. The van der Waals surface area contributed by atoms with Gasteiger partial charge in [0, 0.05) is 24.3 Å². The molecule has 1 heterocycles. The second-order valence-electron chi connectivity index (χ2n) is 5.13. The number of nitriles is 2. The Hall–Kier alpha value is -2.34. The lowest BCUT2D eigenvalue weighted by atomic mass is 10.1. The van der Waals surface area contributed by atoms with E-state index >= 15 is 0 Å². The van der Waals surface area contributed by atoms with Gasteiger partial charge >= 0.3 is 0 Å². The van der Waals surface area contributed by atoms with E-state index in [9.17, 15) is 0 Å². The van der Waals surface area contributed by atoms with Crippen molar-refractivity contribution in [1.29, 1.82) is 10.5 Å². The van der Waals surface area contributed by atoms with E-state index < -0.39 is 0 Å². The van der Waals surface area contributed by atoms with E-state index in [0.717, 1.165) is 29.2 Å². The van der Waals surface area contributed by atoms with E-state index in [1.165, 1.54) is 23.1 Å². The second-order valence-corrected chi connectivity index (χ2v) is 6.52. The summed E-state index contributed by atoms with van der Waals surface area (Å²) in [5.74, 6) is 0. The second kappa shape index (κ2) is 7.97. The van der Waals surface area contributed by atoms with E-state index in [0.29, 0.717) is 10.0 Å². The zero-order chi connectivity index (χ0) is 17.7. The number of hydrogen-bond acceptors (Lipinski definition) is 5. The van der Waals surface area contributed by atoms with Crippen LogP contribution in [0.1, 0.15) is 24.3 Å². The number of allylic oxidation sites excluding steroid dienone is 1. The minimum absolute atomic E-state index is 0.0145. The highest BCUT2D eigenvalue weighted by Crippen LogP contribution is 2.35. The Kier molecular flexibility index (Phi) is 5.98. The Morgan fingerprint density at radius 2 is 1.96 bits per heavy atom. The molecule has 0 aliphatic rings. The van der Waals surface area contributed by atoms with Crippen LogP contribution >= 0.6 is 22.9 Å². The van der Waals surface area contributed by atoms with Crippen molar-refractivity contribution in [1.82, 2.24) is 4.98 Å². The minimum atomic E-state index is 0.0145. The van der Waals surface area contributed by atoms with Crippen molar-refractivity contribution in [2.45, 2.75) is 20.8 Å². The van der Waals surface area contributed by atoms with Gasteiger partial charge < -0.3 is 4.90 Å². The number of hydrogen-bond donors (Lipinski definition) is 0. The maximum Gasteiger partial charge on any atom is 0.148 e. The molecule has 0 N–H and O–H groups in total. The molecule has 4 nitrogen and oxygen atoms in total. The normalized spacial score (nSPS) is 9.92. The molecule has 6 heteroatoms. The third-order valence-electron chi connectivity index (χ3n) is 3.69. The Balaban J connectivity index is 2.42. The van der Waals surface area contributed by atoms with Gasteiger partial charge in [-0.3, -0.25) is 0 Å². The van der Waals surface area contributed by atoms with Crippen LogP contribution in [-0.2, 0) is 0 Å². The molecule has 0 saturated heterocycles. The lowest BCUT2D eigenvalue weighted by Crippen LogP contribution is -2.21. The van der Waals surface area contributed by atoms with Gasteiger partial charge in [0.1, 0.15) is 27.9 Å². The summed E-state index contributed by atoms with van der Waals surface area (Å²) >= 11 is 7.54. The van der Waals surface area contributed by atoms with Crippen molar-refractivity contribution in [2.24, 2.45) is 0 Å². The van der Waals surface area contributed by atoms with Gasteiger partial charge in [-0.25, -0.2) is 4.98 Å². The molecule has 24 heavy (non-hydrogen) atoms. The smallest absolute Gasteiger partial charge is 0.148 e. The highest BCUT2D eigenvalue weighted by molar-refractivity contribution is 7.16. The van der Waals surface area contributed by atoms with Crippen molar-refractivity contribution in [3.05, 3.63) is 39.4 Å². The lowest BCUT2D eigenvalue weighted by molar-refractivity contribution is 0.866. The third-order valence-corrected chi connectivity index (χ3v) is 5.13. The number of anilines is 1. The number of benzene rings is 1. The summed E-state index contributed by atoms with van der Waals surface area (Å²) in [6, 6.07) is 9.94. The van der Waals surface area contributed by atoms with E-state index in [1.807, 2.05) is 25.1 Å². The molecular formula is C18H17ClN4S. The van der Waals surface area contributed by atoms with Gasteiger partial charge in [0.25, 0.3) is 0 Å². The minimum Gasteiger partial charge on any atom is -0.372 e. The first-order chi connectivity index (χ1) is 11.5. The molecule has 1 aromatic carbocycles. The zero-order valence-corrected chi connectivity index (χ0v) is 15.4. The first-order valence-electron chi connectivity index (χ1n) is 7.58. The van der Waals surface area contributed by atoms with E-state index in [-0.39, 0.29) is 5.57 Å². The Morgan fingerprint density at radius 1 is 1.29 bits per heavy atom. The standard InChI is InChI=1S/C18H17ClN4S/c1-4-23(5-2)14-6-7-15(12(3)8-14)18-22-17(19)16(24-18)9-13(10-20)11-21/h6-9H,4-5H2,1-3H3. The molecule has 0 radical (unpaired) electrons. The van der Waals surface area contributed by atoms with Gasteiger partial charge in [-0.1, -0.05) is 11.6 Å².